The van der Waals surface area contributed by atoms with Gasteiger partial charge in [0.05, 0.1) is 0 Å². The Balaban J connectivity index is 2.62. The molecule has 0 aliphatic rings. The molecule has 81 valence electrons. The van der Waals surface area contributed by atoms with E-state index < -0.39 is 0 Å². The standard InChI is InChI=1S/C12H5Cl4/c13-7-2-4-11(15)10(5-7)9-3-1-8(14)6-12(9)16/h1,3-6H. The molecule has 0 fully saturated rings. The van der Waals surface area contributed by atoms with E-state index in [1.165, 1.54) is 0 Å². The molecule has 2 rings (SSSR count). The molecule has 0 unspecified atom stereocenters. The quantitative estimate of drug-likeness (QED) is 0.626. The monoisotopic (exact) mass is 289 g/mol. The second kappa shape index (κ2) is 4.85. The zero-order chi connectivity index (χ0) is 11.7. The minimum atomic E-state index is 0.491. The van der Waals surface area contributed by atoms with E-state index in [2.05, 4.69) is 6.07 Å². The summed E-state index contributed by atoms with van der Waals surface area (Å²) in [5, 5.41) is 2.16. The van der Waals surface area contributed by atoms with Crippen LogP contribution < -0.4 is 0 Å². The largest absolute Gasteiger partial charge is 0.0843 e. The van der Waals surface area contributed by atoms with Crippen LogP contribution in [0, 0.1) is 6.07 Å². The van der Waals surface area contributed by atoms with Gasteiger partial charge in [-0.3, -0.25) is 0 Å². The SMILES string of the molecule is Clc1[c]cc(Cl)c(-c2ccc(Cl)cc2Cl)c1. The highest BCUT2D eigenvalue weighted by Crippen LogP contribution is 2.35. The van der Waals surface area contributed by atoms with Gasteiger partial charge in [0.1, 0.15) is 0 Å². The van der Waals surface area contributed by atoms with E-state index in [0.29, 0.717) is 20.1 Å². The van der Waals surface area contributed by atoms with E-state index in [1.54, 1.807) is 24.3 Å². The summed E-state index contributed by atoms with van der Waals surface area (Å²) < 4.78 is 0. The summed E-state index contributed by atoms with van der Waals surface area (Å²) in [5.74, 6) is 0. The highest BCUT2D eigenvalue weighted by atomic mass is 35.5. The molecule has 0 amide bonds. The Hall–Kier alpha value is -0.400. The van der Waals surface area contributed by atoms with Gasteiger partial charge in [0, 0.05) is 37.3 Å². The van der Waals surface area contributed by atoms with Crippen LogP contribution in [0.25, 0.3) is 11.1 Å². The summed E-state index contributed by atoms with van der Waals surface area (Å²) in [4.78, 5) is 0. The molecule has 0 aromatic heterocycles. The first-order valence-electron chi connectivity index (χ1n) is 4.40. The lowest BCUT2D eigenvalue weighted by atomic mass is 10.1. The molecule has 0 spiro atoms. The lowest BCUT2D eigenvalue weighted by Crippen LogP contribution is -1.82. The van der Waals surface area contributed by atoms with Crippen molar-refractivity contribution in [2.75, 3.05) is 0 Å². The third-order valence-electron chi connectivity index (χ3n) is 2.09. The van der Waals surface area contributed by atoms with Crippen LogP contribution in [0.1, 0.15) is 0 Å². The average Bonchev–Trinajstić information content (AvgIpc) is 2.22. The second-order valence-corrected chi connectivity index (χ2v) is 4.82. The Morgan fingerprint density at radius 2 is 1.56 bits per heavy atom. The molecule has 16 heavy (non-hydrogen) atoms. The maximum absolute atomic E-state index is 6.09. The summed E-state index contributed by atoms with van der Waals surface area (Å²) in [6, 6.07) is 11.4. The van der Waals surface area contributed by atoms with Gasteiger partial charge in [-0.25, -0.2) is 0 Å². The van der Waals surface area contributed by atoms with Gasteiger partial charge < -0.3 is 0 Å². The van der Waals surface area contributed by atoms with Crippen molar-refractivity contribution in [1.29, 1.82) is 0 Å². The van der Waals surface area contributed by atoms with Crippen LogP contribution in [0.2, 0.25) is 20.1 Å². The van der Waals surface area contributed by atoms with Crippen LogP contribution in [0.15, 0.2) is 30.3 Å². The fourth-order valence-electron chi connectivity index (χ4n) is 1.36. The highest BCUT2D eigenvalue weighted by Gasteiger charge is 2.08. The van der Waals surface area contributed by atoms with E-state index in [1.807, 2.05) is 6.07 Å². The van der Waals surface area contributed by atoms with Crippen molar-refractivity contribution in [2.45, 2.75) is 0 Å². The third kappa shape index (κ3) is 2.46. The molecule has 0 saturated carbocycles. The lowest BCUT2D eigenvalue weighted by molar-refractivity contribution is 1.61. The molecule has 0 heterocycles. The molecule has 2 aromatic rings. The van der Waals surface area contributed by atoms with Crippen molar-refractivity contribution < 1.29 is 0 Å². The second-order valence-electron chi connectivity index (χ2n) is 3.17. The van der Waals surface area contributed by atoms with Gasteiger partial charge in [0.2, 0.25) is 0 Å². The molecule has 0 aliphatic heterocycles. The van der Waals surface area contributed by atoms with Gasteiger partial charge in [-0.1, -0.05) is 52.5 Å². The summed E-state index contributed by atoms with van der Waals surface area (Å²) in [7, 11) is 0. The molecular formula is C12H5Cl4. The molecule has 0 saturated heterocycles. The van der Waals surface area contributed by atoms with Crippen LogP contribution in [-0.4, -0.2) is 0 Å². The van der Waals surface area contributed by atoms with Crippen LogP contribution in [0.3, 0.4) is 0 Å². The van der Waals surface area contributed by atoms with E-state index in [4.69, 9.17) is 46.4 Å². The highest BCUT2D eigenvalue weighted by molar-refractivity contribution is 6.38. The van der Waals surface area contributed by atoms with Crippen molar-refractivity contribution >= 4 is 46.4 Å². The fourth-order valence-corrected chi connectivity index (χ4v) is 2.25. The summed E-state index contributed by atoms with van der Waals surface area (Å²) in [6.45, 7) is 0. The summed E-state index contributed by atoms with van der Waals surface area (Å²) in [6.07, 6.45) is 0. The van der Waals surface area contributed by atoms with Crippen molar-refractivity contribution in [3.05, 3.63) is 56.5 Å². The first-order valence-corrected chi connectivity index (χ1v) is 5.91. The van der Waals surface area contributed by atoms with Gasteiger partial charge in [-0.05, 0) is 24.3 Å². The molecule has 1 radical (unpaired) electrons. The minimum absolute atomic E-state index is 0.491. The first-order chi connectivity index (χ1) is 7.58. The molecule has 4 heteroatoms. The van der Waals surface area contributed by atoms with Crippen LogP contribution >= 0.6 is 46.4 Å². The van der Waals surface area contributed by atoms with Crippen molar-refractivity contribution in [2.24, 2.45) is 0 Å². The van der Waals surface area contributed by atoms with Crippen LogP contribution in [-0.2, 0) is 0 Å². The Morgan fingerprint density at radius 1 is 0.812 bits per heavy atom. The molecule has 0 aliphatic carbocycles. The molecule has 0 nitrogen and oxygen atoms in total. The van der Waals surface area contributed by atoms with Gasteiger partial charge in [-0.15, -0.1) is 0 Å². The Kier molecular flexibility index (Phi) is 3.66. The number of hydrogen-bond donors (Lipinski definition) is 0. The molecule has 0 atom stereocenters. The predicted molar refractivity (Wildman–Crippen MR) is 70.8 cm³/mol. The smallest absolute Gasteiger partial charge is 0.0499 e. The molecule has 0 N–H and O–H groups in total. The number of hydrogen-bond acceptors (Lipinski definition) is 0. The van der Waals surface area contributed by atoms with E-state index in [-0.39, 0.29) is 0 Å². The molecular weight excluding hydrogens is 286 g/mol. The van der Waals surface area contributed by atoms with Gasteiger partial charge >= 0.3 is 0 Å². The average molecular weight is 291 g/mol. The number of halogens is 4. The topological polar surface area (TPSA) is 0 Å². The Labute approximate surface area is 114 Å². The Morgan fingerprint density at radius 3 is 2.25 bits per heavy atom. The minimum Gasteiger partial charge on any atom is -0.0843 e. The van der Waals surface area contributed by atoms with Crippen molar-refractivity contribution in [1.82, 2.24) is 0 Å². The summed E-state index contributed by atoms with van der Waals surface area (Å²) in [5.41, 5.74) is 1.57. The van der Waals surface area contributed by atoms with E-state index in [9.17, 15) is 0 Å². The van der Waals surface area contributed by atoms with Crippen LogP contribution in [0.5, 0.6) is 0 Å². The van der Waals surface area contributed by atoms with Gasteiger partial charge in [-0.2, -0.15) is 0 Å². The zero-order valence-corrected chi connectivity index (χ0v) is 10.9. The summed E-state index contributed by atoms with van der Waals surface area (Å²) >= 11 is 23.8. The molecule has 0 bridgehead atoms. The lowest BCUT2D eigenvalue weighted by Gasteiger charge is -2.07. The maximum Gasteiger partial charge on any atom is 0.0499 e. The predicted octanol–water partition coefficient (Wildman–Crippen LogP) is 5.77. The zero-order valence-electron chi connectivity index (χ0n) is 7.90. The Bertz CT molecular complexity index is 535. The van der Waals surface area contributed by atoms with Crippen LogP contribution in [0.4, 0.5) is 0 Å². The normalized spacial score (nSPS) is 10.5. The third-order valence-corrected chi connectivity index (χ3v) is 3.17. The van der Waals surface area contributed by atoms with E-state index >= 15 is 0 Å². The van der Waals surface area contributed by atoms with Crippen molar-refractivity contribution in [3.63, 3.8) is 0 Å². The number of rotatable bonds is 1. The fraction of sp³-hybridized carbons (Fsp3) is 0. The number of benzene rings is 2. The van der Waals surface area contributed by atoms with E-state index in [0.717, 1.165) is 11.1 Å². The van der Waals surface area contributed by atoms with Crippen molar-refractivity contribution in [3.8, 4) is 11.1 Å². The first kappa shape index (κ1) is 12.1. The maximum atomic E-state index is 6.09. The molecule has 2 aromatic carbocycles. The van der Waals surface area contributed by atoms with Gasteiger partial charge in [0.15, 0.2) is 0 Å². The van der Waals surface area contributed by atoms with Gasteiger partial charge in [0.25, 0.3) is 0 Å².